The highest BCUT2D eigenvalue weighted by Crippen LogP contribution is 2.12. The first kappa shape index (κ1) is 9.97. The summed E-state index contributed by atoms with van der Waals surface area (Å²) < 4.78 is 12.7. The summed E-state index contributed by atoms with van der Waals surface area (Å²) in [6.07, 6.45) is 0. The Hall–Kier alpha value is -2.11. The molecule has 0 saturated heterocycles. The Morgan fingerprint density at radius 2 is 2.00 bits per heavy atom. The van der Waals surface area contributed by atoms with Crippen LogP contribution < -0.4 is 16.8 Å². The molecule has 0 saturated carbocycles. The third-order valence-corrected chi connectivity index (χ3v) is 1.50. The smallest absolute Gasteiger partial charge is 0.319 e. The monoisotopic (exact) mass is 197 g/mol. The molecule has 1 aromatic carbocycles. The Bertz CT molecular complexity index is 392. The fourth-order valence-electron chi connectivity index (χ4n) is 0.904. The van der Waals surface area contributed by atoms with E-state index in [9.17, 15) is 14.0 Å². The van der Waals surface area contributed by atoms with E-state index in [1.807, 2.05) is 0 Å². The number of carbonyl (C=O) groups is 2. The molecule has 0 unspecified atom stereocenters. The normalized spacial score (nSPS) is 9.50. The van der Waals surface area contributed by atoms with E-state index in [2.05, 4.69) is 0 Å². The number of benzene rings is 1. The summed E-state index contributed by atoms with van der Waals surface area (Å²) in [5.74, 6) is -1.44. The molecule has 74 valence electrons. The fraction of sp³-hybridized carbons (Fsp3) is 0. The van der Waals surface area contributed by atoms with Crippen LogP contribution in [0.2, 0.25) is 0 Å². The average molecular weight is 197 g/mol. The number of nitrogen functional groups attached to an aromatic ring is 1. The van der Waals surface area contributed by atoms with E-state index in [4.69, 9.17) is 11.5 Å². The maximum absolute atomic E-state index is 12.7. The number of imide groups is 1. The van der Waals surface area contributed by atoms with Gasteiger partial charge in [0, 0.05) is 5.69 Å². The molecule has 1 rings (SSSR count). The average Bonchev–Trinajstić information content (AvgIpc) is 2.08. The van der Waals surface area contributed by atoms with Gasteiger partial charge < -0.3 is 11.5 Å². The van der Waals surface area contributed by atoms with E-state index >= 15 is 0 Å². The van der Waals surface area contributed by atoms with Crippen LogP contribution in [0.3, 0.4) is 0 Å². The lowest BCUT2D eigenvalue weighted by atomic mass is 10.1. The number of anilines is 1. The summed E-state index contributed by atoms with van der Waals surface area (Å²) in [5, 5.41) is 1.78. The van der Waals surface area contributed by atoms with Gasteiger partial charge in [-0.25, -0.2) is 9.18 Å². The second kappa shape index (κ2) is 3.73. The highest BCUT2D eigenvalue weighted by Gasteiger charge is 2.11. The summed E-state index contributed by atoms with van der Waals surface area (Å²) in [4.78, 5) is 21.5. The van der Waals surface area contributed by atoms with Gasteiger partial charge in [0.05, 0.1) is 5.56 Å². The number of nitrogens with one attached hydrogen (secondary N) is 1. The molecule has 0 heterocycles. The minimum atomic E-state index is -1.02. The van der Waals surface area contributed by atoms with Crippen LogP contribution in [0.25, 0.3) is 0 Å². The van der Waals surface area contributed by atoms with E-state index in [0.717, 1.165) is 12.1 Å². The van der Waals surface area contributed by atoms with E-state index in [-0.39, 0.29) is 11.3 Å². The van der Waals surface area contributed by atoms with Gasteiger partial charge in [-0.3, -0.25) is 10.1 Å². The molecule has 0 spiro atoms. The van der Waals surface area contributed by atoms with Crippen molar-refractivity contribution in [3.05, 3.63) is 29.6 Å². The SMILES string of the molecule is NC(=O)NC(=O)c1cc(F)ccc1N. The zero-order valence-corrected chi connectivity index (χ0v) is 7.08. The molecular weight excluding hydrogens is 189 g/mol. The van der Waals surface area contributed by atoms with Gasteiger partial charge in [0.1, 0.15) is 5.82 Å². The third-order valence-electron chi connectivity index (χ3n) is 1.50. The predicted molar refractivity (Wildman–Crippen MR) is 47.9 cm³/mol. The van der Waals surface area contributed by atoms with Gasteiger partial charge in [0.15, 0.2) is 0 Å². The van der Waals surface area contributed by atoms with E-state index in [0.29, 0.717) is 0 Å². The number of amides is 3. The first-order valence-corrected chi connectivity index (χ1v) is 3.66. The number of urea groups is 1. The molecule has 0 atom stereocenters. The van der Waals surface area contributed by atoms with Crippen LogP contribution in [0.5, 0.6) is 0 Å². The van der Waals surface area contributed by atoms with Gasteiger partial charge in [-0.1, -0.05) is 0 Å². The summed E-state index contributed by atoms with van der Waals surface area (Å²) >= 11 is 0. The molecule has 0 aliphatic heterocycles. The third kappa shape index (κ3) is 2.19. The standard InChI is InChI=1S/C8H8FN3O2/c9-4-1-2-6(10)5(3-4)7(13)12-8(11)14/h1-3H,10H2,(H3,11,12,13,14). The fourth-order valence-corrected chi connectivity index (χ4v) is 0.904. The lowest BCUT2D eigenvalue weighted by Gasteiger charge is -2.04. The van der Waals surface area contributed by atoms with Gasteiger partial charge in [-0.2, -0.15) is 0 Å². The Kier molecular flexibility index (Phi) is 2.66. The van der Waals surface area contributed by atoms with Crippen LogP contribution in [-0.4, -0.2) is 11.9 Å². The second-order valence-corrected chi connectivity index (χ2v) is 2.55. The molecule has 6 heteroatoms. The molecule has 14 heavy (non-hydrogen) atoms. The first-order valence-electron chi connectivity index (χ1n) is 3.66. The van der Waals surface area contributed by atoms with Crippen molar-refractivity contribution in [1.82, 2.24) is 5.32 Å². The maximum Gasteiger partial charge on any atom is 0.319 e. The zero-order valence-electron chi connectivity index (χ0n) is 7.08. The topological polar surface area (TPSA) is 98.2 Å². The van der Waals surface area contributed by atoms with Crippen LogP contribution in [-0.2, 0) is 0 Å². The molecule has 0 radical (unpaired) electrons. The van der Waals surface area contributed by atoms with Gasteiger partial charge in [0.2, 0.25) is 0 Å². The van der Waals surface area contributed by atoms with Crippen molar-refractivity contribution in [2.45, 2.75) is 0 Å². The van der Waals surface area contributed by atoms with Crippen LogP contribution in [0.4, 0.5) is 14.9 Å². The van der Waals surface area contributed by atoms with Crippen LogP contribution in [0.1, 0.15) is 10.4 Å². The summed E-state index contributed by atoms with van der Waals surface area (Å²) in [7, 11) is 0. The Labute approximate surface area is 78.9 Å². The molecule has 5 N–H and O–H groups in total. The minimum Gasteiger partial charge on any atom is -0.398 e. The molecule has 0 aliphatic rings. The summed E-state index contributed by atoms with van der Waals surface area (Å²) in [6, 6.07) is 2.24. The van der Waals surface area contributed by atoms with E-state index in [1.165, 1.54) is 6.07 Å². The van der Waals surface area contributed by atoms with Crippen molar-refractivity contribution in [2.24, 2.45) is 5.73 Å². The molecule has 0 bridgehead atoms. The van der Waals surface area contributed by atoms with Crippen molar-refractivity contribution in [3.8, 4) is 0 Å². The quantitative estimate of drug-likeness (QED) is 0.561. The summed E-state index contributed by atoms with van der Waals surface area (Å²) in [6.45, 7) is 0. The molecule has 1 aromatic rings. The molecular formula is C8H8FN3O2. The van der Waals surface area contributed by atoms with Gasteiger partial charge in [0.25, 0.3) is 5.91 Å². The largest absolute Gasteiger partial charge is 0.398 e. The highest BCUT2D eigenvalue weighted by molar-refractivity contribution is 6.06. The number of carbonyl (C=O) groups excluding carboxylic acids is 2. The number of primary amides is 1. The van der Waals surface area contributed by atoms with Gasteiger partial charge in [-0.15, -0.1) is 0 Å². The number of rotatable bonds is 1. The zero-order chi connectivity index (χ0) is 10.7. The highest BCUT2D eigenvalue weighted by atomic mass is 19.1. The number of nitrogens with two attached hydrogens (primary N) is 2. The number of hydrogen-bond acceptors (Lipinski definition) is 3. The van der Waals surface area contributed by atoms with Crippen molar-refractivity contribution >= 4 is 17.6 Å². The van der Waals surface area contributed by atoms with Crippen molar-refractivity contribution < 1.29 is 14.0 Å². The van der Waals surface area contributed by atoms with Crippen LogP contribution in [0, 0.1) is 5.82 Å². The van der Waals surface area contributed by atoms with Gasteiger partial charge >= 0.3 is 6.03 Å². The van der Waals surface area contributed by atoms with Crippen molar-refractivity contribution in [1.29, 1.82) is 0 Å². The van der Waals surface area contributed by atoms with Crippen LogP contribution >= 0.6 is 0 Å². The molecule has 0 aromatic heterocycles. The Morgan fingerprint density at radius 1 is 1.36 bits per heavy atom. The second-order valence-electron chi connectivity index (χ2n) is 2.55. The molecule has 3 amide bonds. The van der Waals surface area contributed by atoms with E-state index in [1.54, 1.807) is 5.32 Å². The first-order chi connectivity index (χ1) is 6.50. The van der Waals surface area contributed by atoms with Crippen molar-refractivity contribution in [3.63, 3.8) is 0 Å². The molecule has 0 fully saturated rings. The van der Waals surface area contributed by atoms with Gasteiger partial charge in [-0.05, 0) is 18.2 Å². The predicted octanol–water partition coefficient (Wildman–Crippen LogP) is 0.216. The van der Waals surface area contributed by atoms with Crippen LogP contribution in [0.15, 0.2) is 18.2 Å². The van der Waals surface area contributed by atoms with Crippen molar-refractivity contribution in [2.75, 3.05) is 5.73 Å². The lowest BCUT2D eigenvalue weighted by Crippen LogP contribution is -2.35. The molecule has 0 aliphatic carbocycles. The molecule has 5 nitrogen and oxygen atoms in total. The lowest BCUT2D eigenvalue weighted by molar-refractivity contribution is 0.0966. The maximum atomic E-state index is 12.7. The minimum absolute atomic E-state index is 0.0742. The Morgan fingerprint density at radius 3 is 2.57 bits per heavy atom. The van der Waals surface area contributed by atoms with E-state index < -0.39 is 17.8 Å². The number of halogens is 1. The number of hydrogen-bond donors (Lipinski definition) is 3. The summed E-state index contributed by atoms with van der Waals surface area (Å²) in [5.41, 5.74) is 10.1. The Balaban J connectivity index is 3.00.